The Balaban J connectivity index is 1.88. The van der Waals surface area contributed by atoms with E-state index in [4.69, 9.17) is 4.74 Å². The number of phenolic OH excluding ortho intramolecular Hbond substituents is 1. The zero-order valence-electron chi connectivity index (χ0n) is 17.6. The summed E-state index contributed by atoms with van der Waals surface area (Å²) in [5, 5.41) is 14.1. The molecule has 31 heavy (non-hydrogen) atoms. The van der Waals surface area contributed by atoms with Crippen molar-refractivity contribution in [2.75, 3.05) is 18.5 Å². The fourth-order valence-electron chi connectivity index (χ4n) is 3.47. The van der Waals surface area contributed by atoms with Gasteiger partial charge in [-0.15, -0.1) is 0 Å². The molecule has 5 nitrogen and oxygen atoms in total. The molecular weight excluding hydrogens is 422 g/mol. The Hall–Kier alpha value is -2.61. The molecule has 0 unspecified atom stereocenters. The molecule has 0 bridgehead atoms. The van der Waals surface area contributed by atoms with E-state index >= 15 is 0 Å². The third kappa shape index (κ3) is 5.97. The van der Waals surface area contributed by atoms with Crippen molar-refractivity contribution in [3.8, 4) is 11.5 Å². The maximum absolute atomic E-state index is 13.0. The first-order valence-electron chi connectivity index (χ1n) is 10.6. The number of unbranched alkanes of at least 4 members (excludes halogenated alkanes) is 3. The van der Waals surface area contributed by atoms with Gasteiger partial charge in [-0.3, -0.25) is 9.36 Å². The quantitative estimate of drug-likeness (QED) is 0.277. The highest BCUT2D eigenvalue weighted by molar-refractivity contribution is 7.16. The first-order chi connectivity index (χ1) is 15.0. The van der Waals surface area contributed by atoms with Gasteiger partial charge in [0.25, 0.3) is 6.43 Å². The lowest BCUT2D eigenvalue weighted by molar-refractivity contribution is 0.127. The second-order valence-corrected chi connectivity index (χ2v) is 8.38. The molecule has 2 N–H and O–H groups in total. The largest absolute Gasteiger partial charge is 0.504 e. The van der Waals surface area contributed by atoms with Crippen LogP contribution in [0.15, 0.2) is 41.2 Å². The number of hydrogen-bond donors (Lipinski definition) is 2. The zero-order valence-corrected chi connectivity index (χ0v) is 18.4. The van der Waals surface area contributed by atoms with E-state index in [0.717, 1.165) is 47.2 Å². The van der Waals surface area contributed by atoms with E-state index in [1.807, 2.05) is 30.3 Å². The first-order valence-corrected chi connectivity index (χ1v) is 11.4. The lowest BCUT2D eigenvalue weighted by Crippen LogP contribution is -2.17. The molecule has 0 spiro atoms. The number of nitrogens with zero attached hydrogens (tertiary/aromatic N) is 1. The van der Waals surface area contributed by atoms with Crippen LogP contribution < -0.4 is 14.9 Å². The van der Waals surface area contributed by atoms with Gasteiger partial charge in [-0.1, -0.05) is 67.9 Å². The standard InChI is InChI=1S/C23H28F2N2O3S/c1-2-3-4-8-12-26-20-17(30-13-11-16-9-6-5-7-10-16)14-18-21(22(20)28)27(15-19(24)25)23(29)31-18/h5-7,9-10,14,19,26,28H,2-4,8,11-13,15H2,1H3. The van der Waals surface area contributed by atoms with Gasteiger partial charge >= 0.3 is 4.87 Å². The Bertz CT molecular complexity index is 1030. The van der Waals surface area contributed by atoms with Crippen LogP contribution in [0.25, 0.3) is 10.2 Å². The normalized spacial score (nSPS) is 11.4. The van der Waals surface area contributed by atoms with Gasteiger partial charge < -0.3 is 15.2 Å². The number of fused-ring (bicyclic) bond motifs is 1. The molecule has 0 aliphatic heterocycles. The number of hydrogen-bond acceptors (Lipinski definition) is 5. The van der Waals surface area contributed by atoms with Crippen molar-refractivity contribution in [1.29, 1.82) is 0 Å². The number of rotatable bonds is 12. The van der Waals surface area contributed by atoms with E-state index < -0.39 is 17.8 Å². The molecule has 0 fully saturated rings. The van der Waals surface area contributed by atoms with Crippen molar-refractivity contribution >= 4 is 27.2 Å². The molecule has 0 aliphatic rings. The van der Waals surface area contributed by atoms with Crippen LogP contribution >= 0.6 is 11.3 Å². The Morgan fingerprint density at radius 3 is 2.68 bits per heavy atom. The minimum atomic E-state index is -2.69. The highest BCUT2D eigenvalue weighted by atomic mass is 32.1. The van der Waals surface area contributed by atoms with Crippen LogP contribution in [0.2, 0.25) is 0 Å². The topological polar surface area (TPSA) is 63.5 Å². The van der Waals surface area contributed by atoms with Crippen molar-refractivity contribution in [3.05, 3.63) is 51.6 Å². The lowest BCUT2D eigenvalue weighted by Gasteiger charge is -2.16. The SMILES string of the molecule is CCCCCCNc1c(OCCc2ccccc2)cc2sc(=O)n(CC(F)F)c2c1O. The van der Waals surface area contributed by atoms with Gasteiger partial charge in [-0.2, -0.15) is 0 Å². The van der Waals surface area contributed by atoms with E-state index in [2.05, 4.69) is 12.2 Å². The number of anilines is 1. The lowest BCUT2D eigenvalue weighted by atomic mass is 10.1. The van der Waals surface area contributed by atoms with Crippen molar-refractivity contribution in [2.45, 2.75) is 52.0 Å². The monoisotopic (exact) mass is 450 g/mol. The predicted molar refractivity (Wildman–Crippen MR) is 122 cm³/mol. The number of ether oxygens (including phenoxy) is 1. The van der Waals surface area contributed by atoms with Crippen LogP contribution in [0.4, 0.5) is 14.5 Å². The molecular formula is C23H28F2N2O3S. The predicted octanol–water partition coefficient (Wildman–Crippen LogP) is 5.65. The highest BCUT2D eigenvalue weighted by Gasteiger charge is 2.21. The number of benzene rings is 2. The first kappa shape index (κ1) is 23.1. The fourth-order valence-corrected chi connectivity index (χ4v) is 4.40. The van der Waals surface area contributed by atoms with E-state index in [1.165, 1.54) is 0 Å². The Morgan fingerprint density at radius 1 is 1.19 bits per heavy atom. The summed E-state index contributed by atoms with van der Waals surface area (Å²) in [7, 11) is 0. The smallest absolute Gasteiger partial charge is 0.308 e. The molecule has 3 rings (SSSR count). The summed E-state index contributed by atoms with van der Waals surface area (Å²) in [5.74, 6) is 0.198. The number of alkyl halides is 2. The third-order valence-corrected chi connectivity index (χ3v) is 5.96. The van der Waals surface area contributed by atoms with Gasteiger partial charge in [-0.25, -0.2) is 8.78 Å². The van der Waals surface area contributed by atoms with Gasteiger partial charge in [0.1, 0.15) is 17.0 Å². The van der Waals surface area contributed by atoms with Crippen LogP contribution in [-0.4, -0.2) is 29.3 Å². The number of thiazole rings is 1. The van der Waals surface area contributed by atoms with Crippen LogP contribution in [0.5, 0.6) is 11.5 Å². The maximum atomic E-state index is 13.0. The van der Waals surface area contributed by atoms with Crippen molar-refractivity contribution in [3.63, 3.8) is 0 Å². The maximum Gasteiger partial charge on any atom is 0.308 e. The average Bonchev–Trinajstić information content (AvgIpc) is 3.05. The number of phenols is 1. The van der Waals surface area contributed by atoms with E-state index in [-0.39, 0.29) is 11.3 Å². The van der Waals surface area contributed by atoms with E-state index in [9.17, 15) is 18.7 Å². The summed E-state index contributed by atoms with van der Waals surface area (Å²) in [6.45, 7) is 2.37. The minimum absolute atomic E-state index is 0.127. The molecule has 3 aromatic rings. The molecule has 0 aliphatic carbocycles. The second-order valence-electron chi connectivity index (χ2n) is 7.39. The summed E-state index contributed by atoms with van der Waals surface area (Å²) in [6.07, 6.45) is 2.17. The third-order valence-electron chi connectivity index (χ3n) is 5.03. The molecule has 0 saturated carbocycles. The van der Waals surface area contributed by atoms with Crippen molar-refractivity contribution < 1.29 is 18.6 Å². The van der Waals surface area contributed by atoms with Crippen LogP contribution in [0, 0.1) is 0 Å². The molecule has 0 atom stereocenters. The van der Waals surface area contributed by atoms with E-state index in [1.54, 1.807) is 6.07 Å². The summed E-state index contributed by atoms with van der Waals surface area (Å²) < 4.78 is 33.3. The van der Waals surface area contributed by atoms with Crippen LogP contribution in [0.1, 0.15) is 38.2 Å². The van der Waals surface area contributed by atoms with Crippen molar-refractivity contribution in [2.24, 2.45) is 0 Å². The molecule has 2 aromatic carbocycles. The number of aromatic hydroxyl groups is 1. The summed E-state index contributed by atoms with van der Waals surface area (Å²) in [5.41, 5.74) is 1.59. The summed E-state index contributed by atoms with van der Waals surface area (Å²) in [6, 6.07) is 11.5. The van der Waals surface area contributed by atoms with Gasteiger partial charge in [0.15, 0.2) is 5.75 Å². The molecule has 0 saturated heterocycles. The number of aromatic nitrogens is 1. The summed E-state index contributed by atoms with van der Waals surface area (Å²) >= 11 is 0.829. The van der Waals surface area contributed by atoms with Gasteiger partial charge in [0.2, 0.25) is 0 Å². The number of nitrogens with one attached hydrogen (secondary N) is 1. The van der Waals surface area contributed by atoms with Gasteiger partial charge in [-0.05, 0) is 12.0 Å². The Morgan fingerprint density at radius 2 is 1.97 bits per heavy atom. The van der Waals surface area contributed by atoms with Crippen LogP contribution in [-0.2, 0) is 13.0 Å². The second kappa shape index (κ2) is 11.1. The molecule has 0 radical (unpaired) electrons. The molecule has 1 aromatic heterocycles. The molecule has 1 heterocycles. The Kier molecular flexibility index (Phi) is 8.28. The zero-order chi connectivity index (χ0) is 22.2. The highest BCUT2D eigenvalue weighted by Crippen LogP contribution is 2.42. The average molecular weight is 451 g/mol. The van der Waals surface area contributed by atoms with Crippen LogP contribution in [0.3, 0.4) is 0 Å². The van der Waals surface area contributed by atoms with Gasteiger partial charge in [0.05, 0.1) is 17.9 Å². The molecule has 0 amide bonds. The summed E-state index contributed by atoms with van der Waals surface area (Å²) in [4.78, 5) is 11.7. The minimum Gasteiger partial charge on any atom is -0.504 e. The molecule has 168 valence electrons. The van der Waals surface area contributed by atoms with Gasteiger partial charge in [0, 0.05) is 19.0 Å². The fraction of sp³-hybridized carbons (Fsp3) is 0.435. The van der Waals surface area contributed by atoms with E-state index in [0.29, 0.717) is 35.7 Å². The van der Waals surface area contributed by atoms with Crippen molar-refractivity contribution in [1.82, 2.24) is 4.57 Å². The number of halogens is 2. The Labute approximate surface area is 184 Å². The molecule has 8 heteroatoms.